The van der Waals surface area contributed by atoms with Crippen LogP contribution in [0.15, 0.2) is 36.4 Å². The highest BCUT2D eigenvalue weighted by Gasteiger charge is 2.49. The molecule has 0 unspecified atom stereocenters. The van der Waals surface area contributed by atoms with Crippen molar-refractivity contribution >= 4 is 17.9 Å². The minimum atomic E-state index is -1.29. The number of nitrogens with zero attached hydrogens (tertiary/aromatic N) is 1. The Bertz CT molecular complexity index is 668. The number of carboxylic acid groups (broad SMARTS) is 1. The van der Waals surface area contributed by atoms with Gasteiger partial charge in [0.05, 0.1) is 0 Å². The summed E-state index contributed by atoms with van der Waals surface area (Å²) >= 11 is 0. The fourth-order valence-corrected chi connectivity index (χ4v) is 2.26. The molecule has 1 aromatic rings. The van der Waals surface area contributed by atoms with Gasteiger partial charge in [0, 0.05) is 0 Å². The largest absolute Gasteiger partial charge is 0.489 e. The lowest BCUT2D eigenvalue weighted by Crippen LogP contribution is -2.41. The van der Waals surface area contributed by atoms with E-state index in [1.807, 2.05) is 6.92 Å². The zero-order valence-corrected chi connectivity index (χ0v) is 13.0. The van der Waals surface area contributed by atoms with Crippen molar-refractivity contribution in [2.24, 2.45) is 0 Å². The van der Waals surface area contributed by atoms with E-state index in [0.29, 0.717) is 22.8 Å². The van der Waals surface area contributed by atoms with Crippen molar-refractivity contribution in [2.45, 2.75) is 19.4 Å². The van der Waals surface area contributed by atoms with Crippen LogP contribution in [0.5, 0.6) is 5.75 Å². The van der Waals surface area contributed by atoms with Gasteiger partial charge in [-0.05, 0) is 37.1 Å². The summed E-state index contributed by atoms with van der Waals surface area (Å²) in [6, 6.07) is 5.97. The number of ether oxygens (including phenoxy) is 1. The molecule has 1 aromatic carbocycles. The number of nitrogens with one attached hydrogen (secondary N) is 1. The minimum Gasteiger partial charge on any atom is -0.489 e. The summed E-state index contributed by atoms with van der Waals surface area (Å²) in [4.78, 5) is 35.7. The van der Waals surface area contributed by atoms with Crippen molar-refractivity contribution < 1.29 is 24.2 Å². The fourth-order valence-electron chi connectivity index (χ4n) is 2.26. The lowest BCUT2D eigenvalue weighted by atomic mass is 9.92. The second-order valence-electron chi connectivity index (χ2n) is 5.61. The molecule has 1 aliphatic rings. The molecule has 0 aromatic heterocycles. The predicted octanol–water partition coefficient (Wildman–Crippen LogP) is 1.49. The number of amides is 3. The molecule has 0 radical (unpaired) electrons. The quantitative estimate of drug-likeness (QED) is 0.612. The Labute approximate surface area is 133 Å². The van der Waals surface area contributed by atoms with E-state index in [0.717, 1.165) is 5.57 Å². The van der Waals surface area contributed by atoms with Crippen LogP contribution in [0.2, 0.25) is 0 Å². The number of benzene rings is 1. The summed E-state index contributed by atoms with van der Waals surface area (Å²) < 4.78 is 5.48. The van der Waals surface area contributed by atoms with Gasteiger partial charge in [0.2, 0.25) is 0 Å². The average Bonchev–Trinajstić information content (AvgIpc) is 2.70. The molecule has 2 rings (SSSR count). The molecule has 23 heavy (non-hydrogen) atoms. The molecule has 7 heteroatoms. The molecule has 1 fully saturated rings. The van der Waals surface area contributed by atoms with Crippen molar-refractivity contribution in [3.05, 3.63) is 42.0 Å². The lowest BCUT2D eigenvalue weighted by Gasteiger charge is -2.22. The first-order valence-electron chi connectivity index (χ1n) is 6.97. The number of carbonyl (C=O) groups excluding carboxylic acids is 2. The van der Waals surface area contributed by atoms with E-state index in [1.54, 1.807) is 31.2 Å². The fraction of sp³-hybridized carbons (Fsp3) is 0.312. The Kier molecular flexibility index (Phi) is 4.40. The molecule has 0 saturated carbocycles. The highest BCUT2D eigenvalue weighted by molar-refractivity contribution is 6.08. The normalized spacial score (nSPS) is 20.3. The number of urea groups is 1. The van der Waals surface area contributed by atoms with Crippen molar-refractivity contribution in [3.63, 3.8) is 0 Å². The molecule has 0 bridgehead atoms. The second kappa shape index (κ2) is 6.12. The van der Waals surface area contributed by atoms with Crippen LogP contribution < -0.4 is 10.1 Å². The maximum atomic E-state index is 12.4. The zero-order chi connectivity index (χ0) is 17.2. The van der Waals surface area contributed by atoms with Gasteiger partial charge in [-0.2, -0.15) is 0 Å². The summed E-state index contributed by atoms with van der Waals surface area (Å²) in [6.45, 7) is 6.85. The Morgan fingerprint density at radius 2 is 1.96 bits per heavy atom. The first kappa shape index (κ1) is 16.5. The maximum absolute atomic E-state index is 12.4. The van der Waals surface area contributed by atoms with Crippen LogP contribution in [-0.4, -0.2) is 41.1 Å². The average molecular weight is 318 g/mol. The SMILES string of the molecule is C=C(C)COc1ccc([C@]2(C)NC(=O)N(CC(=O)O)C2=O)cc1. The van der Waals surface area contributed by atoms with E-state index in [-0.39, 0.29) is 0 Å². The Morgan fingerprint density at radius 3 is 2.48 bits per heavy atom. The predicted molar refractivity (Wildman–Crippen MR) is 82.0 cm³/mol. The van der Waals surface area contributed by atoms with Crippen LogP contribution in [-0.2, 0) is 15.1 Å². The third kappa shape index (κ3) is 3.33. The molecular weight excluding hydrogens is 300 g/mol. The summed E-state index contributed by atoms with van der Waals surface area (Å²) in [7, 11) is 0. The first-order valence-corrected chi connectivity index (χ1v) is 6.97. The Morgan fingerprint density at radius 1 is 1.35 bits per heavy atom. The Hall–Kier alpha value is -2.83. The molecule has 1 atom stereocenters. The first-order chi connectivity index (χ1) is 10.7. The third-order valence-electron chi connectivity index (χ3n) is 3.49. The van der Waals surface area contributed by atoms with Crippen LogP contribution in [0.1, 0.15) is 19.4 Å². The minimum absolute atomic E-state index is 0.388. The number of aliphatic carboxylic acids is 1. The van der Waals surface area contributed by atoms with Gasteiger partial charge in [0.15, 0.2) is 0 Å². The standard InChI is InChI=1S/C16H18N2O5/c1-10(2)9-23-12-6-4-11(5-7-12)16(3)14(21)18(8-13(19)20)15(22)17-16/h4-7H,1,8-9H2,2-3H3,(H,17,22)(H,19,20)/t16-/m0/s1. The number of hydrogen-bond donors (Lipinski definition) is 2. The van der Waals surface area contributed by atoms with E-state index < -0.39 is 30.0 Å². The van der Waals surface area contributed by atoms with E-state index in [4.69, 9.17) is 9.84 Å². The van der Waals surface area contributed by atoms with Gasteiger partial charge in [0.25, 0.3) is 5.91 Å². The van der Waals surface area contributed by atoms with Crippen molar-refractivity contribution in [3.8, 4) is 5.75 Å². The molecule has 3 amide bonds. The summed E-state index contributed by atoms with van der Waals surface area (Å²) in [5.74, 6) is -1.23. The van der Waals surface area contributed by atoms with Gasteiger partial charge >= 0.3 is 12.0 Å². The van der Waals surface area contributed by atoms with Gasteiger partial charge in [-0.1, -0.05) is 18.7 Å². The molecule has 122 valence electrons. The van der Waals surface area contributed by atoms with Gasteiger partial charge in [0.1, 0.15) is 24.4 Å². The van der Waals surface area contributed by atoms with Crippen LogP contribution in [0.25, 0.3) is 0 Å². The monoisotopic (exact) mass is 318 g/mol. The van der Waals surface area contributed by atoms with Crippen molar-refractivity contribution in [2.75, 3.05) is 13.2 Å². The summed E-state index contributed by atoms with van der Waals surface area (Å²) in [5, 5.41) is 11.3. The third-order valence-corrected chi connectivity index (χ3v) is 3.49. The van der Waals surface area contributed by atoms with Crippen LogP contribution in [0.3, 0.4) is 0 Å². The van der Waals surface area contributed by atoms with Crippen molar-refractivity contribution in [1.29, 1.82) is 0 Å². The highest BCUT2D eigenvalue weighted by Crippen LogP contribution is 2.29. The van der Waals surface area contributed by atoms with Gasteiger partial charge < -0.3 is 15.2 Å². The topological polar surface area (TPSA) is 95.9 Å². The number of hydrogen-bond acceptors (Lipinski definition) is 4. The van der Waals surface area contributed by atoms with E-state index >= 15 is 0 Å². The van der Waals surface area contributed by atoms with Gasteiger partial charge in [-0.25, -0.2) is 4.79 Å². The molecule has 7 nitrogen and oxygen atoms in total. The van der Waals surface area contributed by atoms with Gasteiger partial charge in [-0.3, -0.25) is 14.5 Å². The maximum Gasteiger partial charge on any atom is 0.325 e. The number of carboxylic acids is 1. The number of rotatable bonds is 6. The molecule has 0 aliphatic carbocycles. The van der Waals surface area contributed by atoms with Gasteiger partial charge in [-0.15, -0.1) is 0 Å². The highest BCUT2D eigenvalue weighted by atomic mass is 16.5. The molecular formula is C16H18N2O5. The summed E-state index contributed by atoms with van der Waals surface area (Å²) in [6.07, 6.45) is 0. The smallest absolute Gasteiger partial charge is 0.325 e. The summed E-state index contributed by atoms with van der Waals surface area (Å²) in [5.41, 5.74) is 0.134. The van der Waals surface area contributed by atoms with Crippen LogP contribution in [0.4, 0.5) is 4.79 Å². The molecule has 1 aliphatic heterocycles. The van der Waals surface area contributed by atoms with E-state index in [2.05, 4.69) is 11.9 Å². The van der Waals surface area contributed by atoms with E-state index in [1.165, 1.54) is 0 Å². The van der Waals surface area contributed by atoms with E-state index in [9.17, 15) is 14.4 Å². The van der Waals surface area contributed by atoms with Crippen LogP contribution >= 0.6 is 0 Å². The molecule has 0 spiro atoms. The second-order valence-corrected chi connectivity index (χ2v) is 5.61. The van der Waals surface area contributed by atoms with Crippen LogP contribution in [0, 0.1) is 0 Å². The molecule has 1 heterocycles. The lowest BCUT2D eigenvalue weighted by molar-refractivity contribution is -0.142. The molecule has 2 N–H and O–H groups in total. The van der Waals surface area contributed by atoms with Crippen molar-refractivity contribution in [1.82, 2.24) is 10.2 Å². The number of carbonyl (C=O) groups is 3. The molecule has 1 saturated heterocycles. The zero-order valence-electron chi connectivity index (χ0n) is 13.0. The number of imide groups is 1. The Balaban J connectivity index is 2.20.